The Balaban J connectivity index is 2.25. The highest BCUT2D eigenvalue weighted by Crippen LogP contribution is 2.27. The van der Waals surface area contributed by atoms with E-state index >= 15 is 0 Å². The monoisotopic (exact) mass is 276 g/mol. The topological polar surface area (TPSA) is 56.0 Å². The molecule has 2 rings (SSSR count). The van der Waals surface area contributed by atoms with Crippen molar-refractivity contribution in [3.05, 3.63) is 58.4 Å². The van der Waals surface area contributed by atoms with Crippen molar-refractivity contribution in [3.63, 3.8) is 0 Å². The first-order chi connectivity index (χ1) is 9.13. The molecule has 0 fully saturated rings. The first-order valence-corrected chi connectivity index (χ1v) is 5.90. The van der Waals surface area contributed by atoms with E-state index in [1.165, 1.54) is 18.2 Å². The smallest absolute Gasteiger partial charge is 0.143 e. The van der Waals surface area contributed by atoms with Crippen molar-refractivity contribution < 1.29 is 9.50 Å². The molecule has 0 aliphatic rings. The van der Waals surface area contributed by atoms with Gasteiger partial charge in [0.2, 0.25) is 0 Å². The molecular weight excluding hydrogens is 267 g/mol. The molecule has 0 bridgehead atoms. The largest absolute Gasteiger partial charge is 0.508 e. The molecule has 0 aliphatic carbocycles. The van der Waals surface area contributed by atoms with Gasteiger partial charge in [0.05, 0.1) is 5.69 Å². The van der Waals surface area contributed by atoms with E-state index in [4.69, 9.17) is 16.9 Å². The molecule has 0 unspecified atom stereocenters. The molecule has 96 valence electrons. The Hall–Kier alpha value is -2.25. The predicted octanol–water partition coefficient (Wildman–Crippen LogP) is 3.67. The Kier molecular flexibility index (Phi) is 3.88. The number of phenolic OH excluding ortho intramolecular Hbond substituents is 1. The van der Waals surface area contributed by atoms with Crippen molar-refractivity contribution in [2.24, 2.45) is 0 Å². The fourth-order valence-electron chi connectivity index (χ4n) is 1.69. The van der Waals surface area contributed by atoms with E-state index in [0.29, 0.717) is 16.3 Å². The minimum Gasteiger partial charge on any atom is -0.508 e. The summed E-state index contributed by atoms with van der Waals surface area (Å²) < 4.78 is 13.4. The molecule has 0 aromatic heterocycles. The van der Waals surface area contributed by atoms with Gasteiger partial charge in [-0.25, -0.2) is 4.39 Å². The Morgan fingerprint density at radius 2 is 2.00 bits per heavy atom. The van der Waals surface area contributed by atoms with Crippen molar-refractivity contribution in [3.8, 4) is 11.8 Å². The molecule has 5 heteroatoms. The number of anilines is 1. The number of nitrogens with zero attached hydrogens (tertiary/aromatic N) is 1. The molecule has 0 spiro atoms. The summed E-state index contributed by atoms with van der Waals surface area (Å²) in [6.45, 7) is 0.198. The van der Waals surface area contributed by atoms with Crippen molar-refractivity contribution in [1.29, 1.82) is 5.26 Å². The number of rotatable bonds is 3. The minimum absolute atomic E-state index is 0.0508. The molecule has 0 radical (unpaired) electrons. The number of hydrogen-bond donors (Lipinski definition) is 2. The lowest BCUT2D eigenvalue weighted by molar-refractivity contribution is 0.469. The van der Waals surface area contributed by atoms with Crippen LogP contribution in [0.3, 0.4) is 0 Å². The quantitative estimate of drug-likeness (QED) is 0.899. The Labute approximate surface area is 114 Å². The van der Waals surface area contributed by atoms with Crippen molar-refractivity contribution >= 4 is 17.3 Å². The van der Waals surface area contributed by atoms with Crippen LogP contribution in [0.15, 0.2) is 36.4 Å². The van der Waals surface area contributed by atoms with Crippen molar-refractivity contribution in [1.82, 2.24) is 0 Å². The Bertz CT molecular complexity index is 632. The molecule has 2 aromatic carbocycles. The maximum atomic E-state index is 13.4. The van der Waals surface area contributed by atoms with Crippen LogP contribution >= 0.6 is 11.6 Å². The van der Waals surface area contributed by atoms with Gasteiger partial charge in [0.1, 0.15) is 23.2 Å². The summed E-state index contributed by atoms with van der Waals surface area (Å²) in [5, 5.41) is 21.9. The summed E-state index contributed by atoms with van der Waals surface area (Å²) in [5.74, 6) is -0.536. The average Bonchev–Trinajstić information content (AvgIpc) is 2.38. The first kappa shape index (κ1) is 13.2. The van der Waals surface area contributed by atoms with E-state index in [1.807, 2.05) is 0 Å². The Morgan fingerprint density at radius 3 is 2.68 bits per heavy atom. The third-order valence-corrected chi connectivity index (χ3v) is 3.03. The normalized spacial score (nSPS) is 9.95. The summed E-state index contributed by atoms with van der Waals surface area (Å²) in [6.07, 6.45) is 0. The molecule has 0 aliphatic heterocycles. The van der Waals surface area contributed by atoms with Gasteiger partial charge in [-0.1, -0.05) is 23.7 Å². The molecule has 0 saturated heterocycles. The fraction of sp³-hybridized carbons (Fsp3) is 0.0714. The number of aromatic hydroxyl groups is 1. The summed E-state index contributed by atoms with van der Waals surface area (Å²) >= 11 is 5.96. The van der Waals surface area contributed by atoms with Gasteiger partial charge >= 0.3 is 0 Å². The zero-order chi connectivity index (χ0) is 13.8. The number of nitrogens with one attached hydrogen (secondary N) is 1. The van der Waals surface area contributed by atoms with Crippen molar-refractivity contribution in [2.45, 2.75) is 6.54 Å². The molecule has 3 nitrogen and oxygen atoms in total. The third-order valence-electron chi connectivity index (χ3n) is 2.68. The first-order valence-electron chi connectivity index (χ1n) is 5.52. The van der Waals surface area contributed by atoms with Gasteiger partial charge in [0.15, 0.2) is 0 Å². The Morgan fingerprint density at radius 1 is 1.26 bits per heavy atom. The highest BCUT2D eigenvalue weighted by Gasteiger charge is 2.10. The SMILES string of the molecule is N#Cc1c(F)cccc1NCc1c(O)cccc1Cl. The standard InChI is InChI=1S/C14H10ClFN2O/c15-11-3-1-6-14(19)10(11)8-18-13-5-2-4-12(16)9(13)7-17/h1-6,18-19H,8H2. The number of halogens is 2. The third kappa shape index (κ3) is 2.78. The lowest BCUT2D eigenvalue weighted by atomic mass is 10.1. The van der Waals surface area contributed by atoms with Gasteiger partial charge in [-0.05, 0) is 24.3 Å². The van der Waals surface area contributed by atoms with E-state index < -0.39 is 5.82 Å². The fourth-order valence-corrected chi connectivity index (χ4v) is 1.93. The number of phenols is 1. The van der Waals surface area contributed by atoms with E-state index in [9.17, 15) is 9.50 Å². The molecule has 0 heterocycles. The average molecular weight is 277 g/mol. The maximum Gasteiger partial charge on any atom is 0.143 e. The summed E-state index contributed by atoms with van der Waals surface area (Å²) in [4.78, 5) is 0. The minimum atomic E-state index is -0.587. The molecule has 2 N–H and O–H groups in total. The van der Waals surface area contributed by atoms with Crippen LogP contribution in [0.4, 0.5) is 10.1 Å². The molecule has 0 saturated carbocycles. The van der Waals surface area contributed by atoms with E-state index in [0.717, 1.165) is 0 Å². The molecular formula is C14H10ClFN2O. The van der Waals surface area contributed by atoms with E-state index in [1.54, 1.807) is 24.3 Å². The van der Waals surface area contributed by atoms with Crippen LogP contribution < -0.4 is 5.32 Å². The van der Waals surface area contributed by atoms with Crippen LogP contribution in [-0.2, 0) is 6.54 Å². The second kappa shape index (κ2) is 5.59. The number of hydrogen-bond acceptors (Lipinski definition) is 3. The van der Waals surface area contributed by atoms with Gasteiger partial charge in [0.25, 0.3) is 0 Å². The maximum absolute atomic E-state index is 13.4. The van der Waals surface area contributed by atoms with Gasteiger partial charge in [-0.2, -0.15) is 5.26 Å². The second-order valence-electron chi connectivity index (χ2n) is 3.87. The lowest BCUT2D eigenvalue weighted by Crippen LogP contribution is -2.03. The predicted molar refractivity (Wildman–Crippen MR) is 71.6 cm³/mol. The van der Waals surface area contributed by atoms with Crippen molar-refractivity contribution in [2.75, 3.05) is 5.32 Å². The van der Waals surface area contributed by atoms with Crippen LogP contribution in [0.25, 0.3) is 0 Å². The van der Waals surface area contributed by atoms with E-state index in [2.05, 4.69) is 5.32 Å². The van der Waals surface area contributed by atoms with Gasteiger partial charge < -0.3 is 10.4 Å². The number of benzene rings is 2. The highest BCUT2D eigenvalue weighted by atomic mass is 35.5. The molecule has 2 aromatic rings. The van der Waals surface area contributed by atoms with Gasteiger partial charge in [0, 0.05) is 17.1 Å². The molecule has 0 atom stereocenters. The van der Waals surface area contributed by atoms with E-state index in [-0.39, 0.29) is 17.9 Å². The lowest BCUT2D eigenvalue weighted by Gasteiger charge is -2.11. The molecule has 0 amide bonds. The zero-order valence-corrected chi connectivity index (χ0v) is 10.6. The summed E-state index contributed by atoms with van der Waals surface area (Å²) in [7, 11) is 0. The van der Waals surface area contributed by atoms with Crippen LogP contribution in [0.2, 0.25) is 5.02 Å². The van der Waals surface area contributed by atoms with Gasteiger partial charge in [-0.3, -0.25) is 0 Å². The van der Waals surface area contributed by atoms with Crippen LogP contribution in [0.5, 0.6) is 5.75 Å². The number of nitriles is 1. The molecule has 19 heavy (non-hydrogen) atoms. The van der Waals surface area contributed by atoms with Crippen LogP contribution in [0.1, 0.15) is 11.1 Å². The van der Waals surface area contributed by atoms with Crippen LogP contribution in [-0.4, -0.2) is 5.11 Å². The second-order valence-corrected chi connectivity index (χ2v) is 4.27. The van der Waals surface area contributed by atoms with Crippen LogP contribution in [0, 0.1) is 17.1 Å². The summed E-state index contributed by atoms with van der Waals surface area (Å²) in [5.41, 5.74) is 0.799. The highest BCUT2D eigenvalue weighted by molar-refractivity contribution is 6.31. The van der Waals surface area contributed by atoms with Gasteiger partial charge in [-0.15, -0.1) is 0 Å². The zero-order valence-electron chi connectivity index (χ0n) is 9.82. The summed E-state index contributed by atoms with van der Waals surface area (Å²) in [6, 6.07) is 10.9.